The highest BCUT2D eigenvalue weighted by Gasteiger charge is 2.41. The summed E-state index contributed by atoms with van der Waals surface area (Å²) in [5.74, 6) is 0.413. The molecule has 1 aliphatic heterocycles. The van der Waals surface area contributed by atoms with Gasteiger partial charge in [-0.15, -0.1) is 11.8 Å². The van der Waals surface area contributed by atoms with Gasteiger partial charge in [0.15, 0.2) is 0 Å². The van der Waals surface area contributed by atoms with E-state index in [1.807, 2.05) is 17.8 Å². The van der Waals surface area contributed by atoms with Crippen LogP contribution in [-0.4, -0.2) is 41.4 Å². The molecule has 0 amide bonds. The maximum absolute atomic E-state index is 11.7. The van der Waals surface area contributed by atoms with Gasteiger partial charge in [-0.2, -0.15) is 0 Å². The van der Waals surface area contributed by atoms with E-state index < -0.39 is 11.4 Å². The molecule has 1 aromatic rings. The Morgan fingerprint density at radius 2 is 2.14 bits per heavy atom. The van der Waals surface area contributed by atoms with Crippen LogP contribution in [0.1, 0.15) is 32.6 Å². The number of aliphatic carboxylic acids is 1. The molecule has 1 aromatic carbocycles. The Morgan fingerprint density at radius 3 is 2.81 bits per heavy atom. The molecular weight excluding hydrogens is 282 g/mol. The number of thioether (sulfide) groups is 1. The van der Waals surface area contributed by atoms with Crippen molar-refractivity contribution in [2.75, 3.05) is 25.4 Å². The second kappa shape index (κ2) is 7.85. The van der Waals surface area contributed by atoms with Crippen molar-refractivity contribution in [2.45, 2.75) is 37.5 Å². The zero-order valence-corrected chi connectivity index (χ0v) is 13.6. The molecule has 1 N–H and O–H groups in total. The fraction of sp³-hybridized carbons (Fsp3) is 0.588. The molecule has 1 heterocycles. The molecule has 4 heteroatoms. The van der Waals surface area contributed by atoms with Gasteiger partial charge in [-0.1, -0.05) is 31.5 Å². The van der Waals surface area contributed by atoms with Gasteiger partial charge in [0.25, 0.3) is 0 Å². The van der Waals surface area contributed by atoms with Gasteiger partial charge in [0, 0.05) is 23.7 Å². The zero-order valence-electron chi connectivity index (χ0n) is 12.8. The summed E-state index contributed by atoms with van der Waals surface area (Å²) in [6, 6.07) is 10.4. The Bertz CT molecular complexity index is 447. The maximum atomic E-state index is 11.7. The summed E-state index contributed by atoms with van der Waals surface area (Å²) in [6.45, 7) is 4.80. The first kappa shape index (κ1) is 16.4. The van der Waals surface area contributed by atoms with Crippen molar-refractivity contribution in [3.8, 4) is 0 Å². The van der Waals surface area contributed by atoms with Crippen molar-refractivity contribution in [3.05, 3.63) is 30.3 Å². The van der Waals surface area contributed by atoms with Crippen LogP contribution < -0.4 is 0 Å². The van der Waals surface area contributed by atoms with Crippen LogP contribution in [0, 0.1) is 5.41 Å². The largest absolute Gasteiger partial charge is 0.481 e. The van der Waals surface area contributed by atoms with E-state index in [1.165, 1.54) is 4.90 Å². The lowest BCUT2D eigenvalue weighted by atomic mass is 9.76. The van der Waals surface area contributed by atoms with Crippen molar-refractivity contribution in [2.24, 2.45) is 5.41 Å². The number of hydrogen-bond donors (Lipinski definition) is 1. The number of hydrogen-bond acceptors (Lipinski definition) is 3. The van der Waals surface area contributed by atoms with Crippen molar-refractivity contribution >= 4 is 17.7 Å². The van der Waals surface area contributed by atoms with Gasteiger partial charge in [0.1, 0.15) is 0 Å². The van der Waals surface area contributed by atoms with E-state index in [-0.39, 0.29) is 0 Å². The van der Waals surface area contributed by atoms with Gasteiger partial charge in [-0.3, -0.25) is 4.79 Å². The third-order valence-electron chi connectivity index (χ3n) is 4.26. The lowest BCUT2D eigenvalue weighted by Crippen LogP contribution is -2.48. The number of rotatable bonds is 7. The fourth-order valence-corrected chi connectivity index (χ4v) is 4.13. The Balaban J connectivity index is 1.84. The molecular formula is C17H25NO2S. The van der Waals surface area contributed by atoms with Crippen molar-refractivity contribution in [1.82, 2.24) is 4.90 Å². The van der Waals surface area contributed by atoms with Crippen molar-refractivity contribution in [3.63, 3.8) is 0 Å². The molecule has 3 nitrogen and oxygen atoms in total. The van der Waals surface area contributed by atoms with E-state index in [0.717, 1.165) is 44.5 Å². The van der Waals surface area contributed by atoms with E-state index in [9.17, 15) is 9.90 Å². The van der Waals surface area contributed by atoms with Crippen LogP contribution in [0.2, 0.25) is 0 Å². The first-order valence-corrected chi connectivity index (χ1v) is 8.78. The Hall–Kier alpha value is -1.00. The standard InChI is InChI=1S/C17H25NO2S/c1-2-9-17(16(19)20)10-6-11-18(14-17)12-13-21-15-7-4-3-5-8-15/h3-5,7-8H,2,6,9-14H2,1H3,(H,19,20). The summed E-state index contributed by atoms with van der Waals surface area (Å²) in [5.41, 5.74) is -0.510. The van der Waals surface area contributed by atoms with Gasteiger partial charge in [-0.25, -0.2) is 0 Å². The molecule has 0 aromatic heterocycles. The Labute approximate surface area is 131 Å². The van der Waals surface area contributed by atoms with Crippen LogP contribution in [0.4, 0.5) is 0 Å². The minimum atomic E-state index is -0.607. The lowest BCUT2D eigenvalue weighted by molar-refractivity contribution is -0.153. The molecule has 0 spiro atoms. The van der Waals surface area contributed by atoms with Crippen LogP contribution >= 0.6 is 11.8 Å². The lowest BCUT2D eigenvalue weighted by Gasteiger charge is -2.40. The number of piperidine rings is 1. The van der Waals surface area contributed by atoms with Crippen LogP contribution in [0.15, 0.2) is 35.2 Å². The summed E-state index contributed by atoms with van der Waals surface area (Å²) in [7, 11) is 0. The molecule has 21 heavy (non-hydrogen) atoms. The highest BCUT2D eigenvalue weighted by molar-refractivity contribution is 7.99. The molecule has 1 fully saturated rings. The minimum Gasteiger partial charge on any atom is -0.481 e. The molecule has 1 atom stereocenters. The van der Waals surface area contributed by atoms with Crippen LogP contribution in [0.5, 0.6) is 0 Å². The Kier molecular flexibility index (Phi) is 6.12. The summed E-state index contributed by atoms with van der Waals surface area (Å²) < 4.78 is 0. The number of carboxylic acid groups (broad SMARTS) is 1. The molecule has 116 valence electrons. The maximum Gasteiger partial charge on any atom is 0.310 e. The first-order chi connectivity index (χ1) is 10.2. The molecule has 1 unspecified atom stereocenters. The molecule has 0 aliphatic carbocycles. The molecule has 1 aliphatic rings. The number of carbonyl (C=O) groups is 1. The monoisotopic (exact) mass is 307 g/mol. The Morgan fingerprint density at radius 1 is 1.38 bits per heavy atom. The summed E-state index contributed by atoms with van der Waals surface area (Å²) >= 11 is 1.85. The summed E-state index contributed by atoms with van der Waals surface area (Å²) in [4.78, 5) is 15.3. The van der Waals surface area contributed by atoms with Crippen LogP contribution in [-0.2, 0) is 4.79 Å². The van der Waals surface area contributed by atoms with Crippen LogP contribution in [0.3, 0.4) is 0 Å². The van der Waals surface area contributed by atoms with E-state index in [1.54, 1.807) is 0 Å². The van der Waals surface area contributed by atoms with Gasteiger partial charge in [0.05, 0.1) is 5.41 Å². The molecule has 0 bridgehead atoms. The number of likely N-dealkylation sites (tertiary alicyclic amines) is 1. The van der Waals surface area contributed by atoms with Gasteiger partial charge < -0.3 is 10.0 Å². The molecule has 2 rings (SSSR count). The highest BCUT2D eigenvalue weighted by Crippen LogP contribution is 2.35. The second-order valence-corrected chi connectivity index (χ2v) is 7.05. The van der Waals surface area contributed by atoms with Gasteiger partial charge in [-0.05, 0) is 37.9 Å². The third kappa shape index (κ3) is 4.48. The highest BCUT2D eigenvalue weighted by atomic mass is 32.2. The fourth-order valence-electron chi connectivity index (χ4n) is 3.19. The predicted molar refractivity (Wildman–Crippen MR) is 87.8 cm³/mol. The van der Waals surface area contributed by atoms with E-state index in [2.05, 4.69) is 36.1 Å². The van der Waals surface area contributed by atoms with Gasteiger partial charge in [0.2, 0.25) is 0 Å². The number of carboxylic acids is 1. The van der Waals surface area contributed by atoms with Crippen molar-refractivity contribution in [1.29, 1.82) is 0 Å². The summed E-state index contributed by atoms with van der Waals surface area (Å²) in [6.07, 6.45) is 3.57. The average Bonchev–Trinajstić information content (AvgIpc) is 2.49. The van der Waals surface area contributed by atoms with E-state index in [4.69, 9.17) is 0 Å². The molecule has 0 saturated carbocycles. The molecule has 1 saturated heterocycles. The first-order valence-electron chi connectivity index (χ1n) is 7.80. The SMILES string of the molecule is CCCC1(C(=O)O)CCCN(CCSc2ccccc2)C1. The van der Waals surface area contributed by atoms with Crippen molar-refractivity contribution < 1.29 is 9.90 Å². The van der Waals surface area contributed by atoms with E-state index in [0.29, 0.717) is 6.54 Å². The van der Waals surface area contributed by atoms with Gasteiger partial charge >= 0.3 is 5.97 Å². The average molecular weight is 307 g/mol. The summed E-state index contributed by atoms with van der Waals surface area (Å²) in [5, 5.41) is 9.61. The quantitative estimate of drug-likeness (QED) is 0.779. The predicted octanol–water partition coefficient (Wildman–Crippen LogP) is 3.75. The topological polar surface area (TPSA) is 40.5 Å². The molecule has 0 radical (unpaired) electrons. The normalized spacial score (nSPS) is 23.1. The van der Waals surface area contributed by atoms with Crippen LogP contribution in [0.25, 0.3) is 0 Å². The number of nitrogens with zero attached hydrogens (tertiary/aromatic N) is 1. The van der Waals surface area contributed by atoms with E-state index >= 15 is 0 Å². The number of benzene rings is 1. The third-order valence-corrected chi connectivity index (χ3v) is 5.25. The second-order valence-electron chi connectivity index (χ2n) is 5.88. The smallest absolute Gasteiger partial charge is 0.310 e. The zero-order chi connectivity index (χ0) is 15.1. The minimum absolute atomic E-state index is 0.510.